The molecule has 0 amide bonds. The first-order valence-corrected chi connectivity index (χ1v) is 8.94. The van der Waals surface area contributed by atoms with Crippen molar-refractivity contribution in [1.82, 2.24) is 4.98 Å². The molecule has 0 aliphatic rings. The Morgan fingerprint density at radius 1 is 1.38 bits per heavy atom. The van der Waals surface area contributed by atoms with Crippen molar-refractivity contribution in [2.24, 2.45) is 5.10 Å². The van der Waals surface area contributed by atoms with Crippen LogP contribution in [0, 0.1) is 10.1 Å². The average molecular weight is 402 g/mol. The molecule has 2 aromatic rings. The van der Waals surface area contributed by atoms with Gasteiger partial charge < -0.3 is 14.6 Å². The van der Waals surface area contributed by atoms with E-state index in [2.05, 4.69) is 22.4 Å². The van der Waals surface area contributed by atoms with E-state index >= 15 is 0 Å². The van der Waals surface area contributed by atoms with Gasteiger partial charge in [0, 0.05) is 17.8 Å². The number of aromatic carboxylic acids is 1. The maximum atomic E-state index is 11.5. The monoisotopic (exact) mass is 402 g/mol. The molecule has 0 unspecified atom stereocenters. The summed E-state index contributed by atoms with van der Waals surface area (Å²) in [6, 6.07) is 5.75. The van der Waals surface area contributed by atoms with Crippen LogP contribution in [-0.2, 0) is 0 Å². The molecule has 0 aliphatic carbocycles. The highest BCUT2D eigenvalue weighted by Gasteiger charge is 2.22. The van der Waals surface area contributed by atoms with Gasteiger partial charge in [-0.05, 0) is 24.6 Å². The maximum Gasteiger partial charge on any atom is 0.337 e. The first-order chi connectivity index (χ1) is 14.0. The minimum absolute atomic E-state index is 0.0504. The molecule has 10 heteroatoms. The molecule has 0 fully saturated rings. The number of ether oxygens (including phenoxy) is 2. The second-order valence-electron chi connectivity index (χ2n) is 5.99. The van der Waals surface area contributed by atoms with Crippen molar-refractivity contribution in [3.05, 3.63) is 51.7 Å². The number of pyridine rings is 1. The predicted octanol–water partition coefficient (Wildman–Crippen LogP) is 3.71. The SMILES string of the molecule is CCCCCOc1c(OC)cc(/C=N/Nc2ccc(C(=O)O)cn2)cc1[N+](=O)[O-]. The topological polar surface area (TPSA) is 136 Å². The van der Waals surface area contributed by atoms with Gasteiger partial charge in [-0.2, -0.15) is 5.10 Å². The molecule has 0 bridgehead atoms. The molecular weight excluding hydrogens is 380 g/mol. The number of nitro groups is 1. The molecule has 0 saturated carbocycles. The van der Waals surface area contributed by atoms with Crippen molar-refractivity contribution < 1.29 is 24.3 Å². The quantitative estimate of drug-likeness (QED) is 0.251. The van der Waals surface area contributed by atoms with Gasteiger partial charge in [0.25, 0.3) is 0 Å². The second kappa shape index (κ2) is 10.6. The highest BCUT2D eigenvalue weighted by atomic mass is 16.6. The lowest BCUT2D eigenvalue weighted by Gasteiger charge is -2.11. The Hall–Kier alpha value is -3.69. The van der Waals surface area contributed by atoms with Gasteiger partial charge in [0.1, 0.15) is 5.82 Å². The number of carboxylic acids is 1. The van der Waals surface area contributed by atoms with Crippen molar-refractivity contribution in [2.45, 2.75) is 26.2 Å². The van der Waals surface area contributed by atoms with Gasteiger partial charge in [0.15, 0.2) is 5.75 Å². The molecule has 0 atom stereocenters. The van der Waals surface area contributed by atoms with Crippen LogP contribution in [0.4, 0.5) is 11.5 Å². The molecular formula is C19H22N4O6. The summed E-state index contributed by atoms with van der Waals surface area (Å²) in [7, 11) is 1.41. The Kier molecular flexibility index (Phi) is 7.89. The molecule has 0 spiro atoms. The lowest BCUT2D eigenvalue weighted by molar-refractivity contribution is -0.386. The Balaban J connectivity index is 2.17. The third-order valence-corrected chi connectivity index (χ3v) is 3.87. The fourth-order valence-corrected chi connectivity index (χ4v) is 2.40. The lowest BCUT2D eigenvalue weighted by atomic mass is 10.2. The molecule has 0 saturated heterocycles. The van der Waals surface area contributed by atoms with E-state index in [-0.39, 0.29) is 22.7 Å². The number of nitro benzene ring substituents is 1. The summed E-state index contributed by atoms with van der Waals surface area (Å²) in [6.07, 6.45) is 5.33. The van der Waals surface area contributed by atoms with E-state index in [1.165, 1.54) is 37.7 Å². The van der Waals surface area contributed by atoms with Crippen LogP contribution < -0.4 is 14.9 Å². The third-order valence-electron chi connectivity index (χ3n) is 3.87. The van der Waals surface area contributed by atoms with Gasteiger partial charge in [-0.1, -0.05) is 19.8 Å². The minimum Gasteiger partial charge on any atom is -0.493 e. The number of hydrazone groups is 1. The van der Waals surface area contributed by atoms with Crippen molar-refractivity contribution in [2.75, 3.05) is 19.1 Å². The van der Waals surface area contributed by atoms with Gasteiger partial charge in [0.05, 0.1) is 30.4 Å². The number of nitrogens with zero attached hydrogens (tertiary/aromatic N) is 3. The number of hydrogen-bond acceptors (Lipinski definition) is 8. The molecule has 2 rings (SSSR count). The van der Waals surface area contributed by atoms with Crippen LogP contribution in [0.25, 0.3) is 0 Å². The fraction of sp³-hybridized carbons (Fsp3) is 0.316. The van der Waals surface area contributed by atoms with Crippen molar-refractivity contribution in [3.8, 4) is 11.5 Å². The molecule has 0 radical (unpaired) electrons. The molecule has 2 N–H and O–H groups in total. The standard InChI is InChI=1S/C19H22N4O6/c1-3-4-5-8-29-18-15(23(26)27)9-13(10-16(18)28-2)11-21-22-17-7-6-14(12-20-17)19(24)25/h6-7,9-12H,3-5,8H2,1-2H3,(H,20,22)(H,24,25)/b21-11+. The second-order valence-corrected chi connectivity index (χ2v) is 5.99. The van der Waals surface area contributed by atoms with Crippen LogP contribution in [0.5, 0.6) is 11.5 Å². The lowest BCUT2D eigenvalue weighted by Crippen LogP contribution is -2.04. The zero-order chi connectivity index (χ0) is 21.2. The number of carboxylic acid groups (broad SMARTS) is 1. The van der Waals surface area contributed by atoms with Crippen molar-refractivity contribution >= 4 is 23.7 Å². The summed E-state index contributed by atoms with van der Waals surface area (Å²) in [5.41, 5.74) is 2.89. The normalized spacial score (nSPS) is 10.7. The van der Waals surface area contributed by atoms with Crippen LogP contribution in [-0.4, -0.2) is 40.9 Å². The Labute approximate surface area is 167 Å². The van der Waals surface area contributed by atoms with E-state index in [0.29, 0.717) is 18.0 Å². The molecule has 1 heterocycles. The zero-order valence-electron chi connectivity index (χ0n) is 16.1. The van der Waals surface area contributed by atoms with E-state index in [1.54, 1.807) is 6.07 Å². The first kappa shape index (κ1) is 21.6. The number of hydrogen-bond donors (Lipinski definition) is 2. The van der Waals surface area contributed by atoms with Gasteiger partial charge in [-0.25, -0.2) is 9.78 Å². The number of unbranched alkanes of at least 4 members (excludes halogenated alkanes) is 2. The number of methoxy groups -OCH3 is 1. The summed E-state index contributed by atoms with van der Waals surface area (Å²) >= 11 is 0. The Bertz CT molecular complexity index is 883. The summed E-state index contributed by atoms with van der Waals surface area (Å²) in [5, 5.41) is 24.3. The van der Waals surface area contributed by atoms with E-state index in [4.69, 9.17) is 14.6 Å². The van der Waals surface area contributed by atoms with Crippen LogP contribution in [0.1, 0.15) is 42.1 Å². The third kappa shape index (κ3) is 6.16. The van der Waals surface area contributed by atoms with Crippen molar-refractivity contribution in [3.63, 3.8) is 0 Å². The van der Waals surface area contributed by atoms with Gasteiger partial charge in [-0.3, -0.25) is 15.5 Å². The highest BCUT2D eigenvalue weighted by Crippen LogP contribution is 2.38. The van der Waals surface area contributed by atoms with Crippen LogP contribution >= 0.6 is 0 Å². The van der Waals surface area contributed by atoms with E-state index in [0.717, 1.165) is 19.3 Å². The summed E-state index contributed by atoms with van der Waals surface area (Å²) in [5.74, 6) is -0.432. The highest BCUT2D eigenvalue weighted by molar-refractivity contribution is 5.87. The van der Waals surface area contributed by atoms with Crippen LogP contribution in [0.15, 0.2) is 35.6 Å². The fourth-order valence-electron chi connectivity index (χ4n) is 2.40. The van der Waals surface area contributed by atoms with Crippen molar-refractivity contribution in [1.29, 1.82) is 0 Å². The minimum atomic E-state index is -1.08. The number of rotatable bonds is 11. The zero-order valence-corrected chi connectivity index (χ0v) is 16.1. The van der Waals surface area contributed by atoms with Crippen LogP contribution in [0.2, 0.25) is 0 Å². The van der Waals surface area contributed by atoms with E-state index in [1.807, 2.05) is 0 Å². The number of anilines is 1. The molecule has 10 nitrogen and oxygen atoms in total. The summed E-state index contributed by atoms with van der Waals surface area (Å²) in [6.45, 7) is 2.42. The van der Waals surface area contributed by atoms with Gasteiger partial charge in [-0.15, -0.1) is 0 Å². The van der Waals surface area contributed by atoms with E-state index in [9.17, 15) is 14.9 Å². The van der Waals surface area contributed by atoms with Gasteiger partial charge in [0.2, 0.25) is 5.75 Å². The van der Waals surface area contributed by atoms with Gasteiger partial charge >= 0.3 is 11.7 Å². The number of nitrogens with one attached hydrogen (secondary N) is 1. The average Bonchev–Trinajstić information content (AvgIpc) is 2.71. The smallest absolute Gasteiger partial charge is 0.337 e. The molecule has 1 aromatic carbocycles. The summed E-state index contributed by atoms with van der Waals surface area (Å²) in [4.78, 5) is 25.7. The number of aromatic nitrogens is 1. The molecule has 154 valence electrons. The molecule has 0 aliphatic heterocycles. The molecule has 1 aromatic heterocycles. The molecule has 29 heavy (non-hydrogen) atoms. The predicted molar refractivity (Wildman–Crippen MR) is 107 cm³/mol. The Morgan fingerprint density at radius 2 is 2.17 bits per heavy atom. The first-order valence-electron chi connectivity index (χ1n) is 8.94. The maximum absolute atomic E-state index is 11.5. The number of carbonyl (C=O) groups is 1. The Morgan fingerprint density at radius 3 is 2.76 bits per heavy atom. The summed E-state index contributed by atoms with van der Waals surface area (Å²) < 4.78 is 10.9. The van der Waals surface area contributed by atoms with E-state index < -0.39 is 10.9 Å². The number of benzene rings is 1. The van der Waals surface area contributed by atoms with Crippen LogP contribution in [0.3, 0.4) is 0 Å². The largest absolute Gasteiger partial charge is 0.493 e.